The van der Waals surface area contributed by atoms with Crippen LogP contribution >= 0.6 is 0 Å². The maximum absolute atomic E-state index is 2.34. The summed E-state index contributed by atoms with van der Waals surface area (Å²) in [4.78, 5) is 0. The van der Waals surface area contributed by atoms with Crippen LogP contribution in [-0.2, 0) is 0 Å². The fraction of sp³-hybridized carbons (Fsp3) is 0.364. The second-order valence-electron chi connectivity index (χ2n) is 3.31. The van der Waals surface area contributed by atoms with Gasteiger partial charge in [0.15, 0.2) is 0 Å². The van der Waals surface area contributed by atoms with E-state index in [1.807, 2.05) is 0 Å². The maximum atomic E-state index is 2.34. The summed E-state index contributed by atoms with van der Waals surface area (Å²) in [5.41, 5.74) is 2.98. The molecule has 0 aromatic heterocycles. The van der Waals surface area contributed by atoms with E-state index in [9.17, 15) is 0 Å². The van der Waals surface area contributed by atoms with Gasteiger partial charge in [0.25, 0.3) is 0 Å². The van der Waals surface area contributed by atoms with Crippen LogP contribution in [0.1, 0.15) is 36.8 Å². The summed E-state index contributed by atoms with van der Waals surface area (Å²) in [6.07, 6.45) is 4.91. The lowest BCUT2D eigenvalue weighted by Gasteiger charge is -2.21. The molecule has 0 N–H and O–H groups in total. The van der Waals surface area contributed by atoms with Crippen LogP contribution in [0.15, 0.2) is 24.3 Å². The first-order valence-corrected chi connectivity index (χ1v) is 4.30. The monoisotopic (exact) mass is 145 g/mol. The number of rotatable bonds is 0. The molecular formula is C11H13. The molecule has 11 heavy (non-hydrogen) atoms. The predicted octanol–water partition coefficient (Wildman–Crippen LogP) is 3.14. The molecule has 0 nitrogen and oxygen atoms in total. The Morgan fingerprint density at radius 3 is 2.91 bits per heavy atom. The van der Waals surface area contributed by atoms with Crippen molar-refractivity contribution in [2.24, 2.45) is 0 Å². The quantitative estimate of drug-likeness (QED) is 0.526. The molecule has 1 radical (unpaired) electrons. The van der Waals surface area contributed by atoms with Gasteiger partial charge in [-0.05, 0) is 36.3 Å². The lowest BCUT2D eigenvalue weighted by molar-refractivity contribution is 0.646. The van der Waals surface area contributed by atoms with Crippen LogP contribution in [0.4, 0.5) is 0 Å². The van der Waals surface area contributed by atoms with E-state index in [1.165, 1.54) is 24.0 Å². The molecule has 1 unspecified atom stereocenters. The first kappa shape index (κ1) is 6.90. The molecule has 0 amide bonds. The Balaban J connectivity index is 2.44. The maximum Gasteiger partial charge on any atom is -0.00899 e. The molecule has 0 aliphatic heterocycles. The molecule has 0 bridgehead atoms. The zero-order valence-corrected chi connectivity index (χ0v) is 6.88. The molecule has 0 heterocycles. The average Bonchev–Trinajstić information content (AvgIpc) is 2.06. The first-order chi connectivity index (χ1) is 5.38. The van der Waals surface area contributed by atoms with Gasteiger partial charge in [-0.25, -0.2) is 0 Å². The number of benzene rings is 1. The van der Waals surface area contributed by atoms with Crippen LogP contribution in [0.25, 0.3) is 0 Å². The van der Waals surface area contributed by atoms with Gasteiger partial charge in [0.1, 0.15) is 0 Å². The Morgan fingerprint density at radius 2 is 2.09 bits per heavy atom. The van der Waals surface area contributed by atoms with E-state index < -0.39 is 0 Å². The van der Waals surface area contributed by atoms with Crippen molar-refractivity contribution in [1.82, 2.24) is 0 Å². The van der Waals surface area contributed by atoms with E-state index in [2.05, 4.69) is 37.6 Å². The standard InChI is InChI=1S/C11H13/c1-9-5-4-7-10-6-2-3-8-11(9)10/h2-3,6-9H,4-5H2,1H3. The zero-order chi connectivity index (χ0) is 7.68. The van der Waals surface area contributed by atoms with Gasteiger partial charge in [0.2, 0.25) is 0 Å². The van der Waals surface area contributed by atoms with Gasteiger partial charge in [-0.2, -0.15) is 0 Å². The van der Waals surface area contributed by atoms with Gasteiger partial charge in [0.05, 0.1) is 0 Å². The fourth-order valence-corrected chi connectivity index (χ4v) is 1.79. The molecule has 0 fully saturated rings. The highest BCUT2D eigenvalue weighted by Gasteiger charge is 2.14. The van der Waals surface area contributed by atoms with Gasteiger partial charge in [0, 0.05) is 0 Å². The van der Waals surface area contributed by atoms with Crippen LogP contribution in [0.2, 0.25) is 0 Å². The predicted molar refractivity (Wildman–Crippen MR) is 47.5 cm³/mol. The highest BCUT2D eigenvalue weighted by molar-refractivity contribution is 5.37. The van der Waals surface area contributed by atoms with E-state index in [0.717, 1.165) is 5.92 Å². The van der Waals surface area contributed by atoms with E-state index in [1.54, 1.807) is 0 Å². The lowest BCUT2D eigenvalue weighted by Crippen LogP contribution is -2.04. The molecular weight excluding hydrogens is 132 g/mol. The first-order valence-electron chi connectivity index (χ1n) is 4.30. The third-order valence-corrected chi connectivity index (χ3v) is 2.49. The minimum Gasteiger partial charge on any atom is -0.0620 e. The molecule has 0 heteroatoms. The molecule has 1 aromatic rings. The largest absolute Gasteiger partial charge is 0.0620 e. The van der Waals surface area contributed by atoms with Crippen molar-refractivity contribution >= 4 is 0 Å². The second kappa shape index (κ2) is 2.69. The van der Waals surface area contributed by atoms with Gasteiger partial charge >= 0.3 is 0 Å². The van der Waals surface area contributed by atoms with E-state index in [4.69, 9.17) is 0 Å². The summed E-state index contributed by atoms with van der Waals surface area (Å²) in [7, 11) is 0. The summed E-state index contributed by atoms with van der Waals surface area (Å²) in [6, 6.07) is 8.71. The molecule has 1 aromatic carbocycles. The van der Waals surface area contributed by atoms with Crippen LogP contribution in [0.3, 0.4) is 0 Å². The fourth-order valence-electron chi connectivity index (χ4n) is 1.79. The summed E-state index contributed by atoms with van der Waals surface area (Å²) in [6.45, 7) is 2.31. The number of fused-ring (bicyclic) bond motifs is 1. The average molecular weight is 145 g/mol. The van der Waals surface area contributed by atoms with Crippen LogP contribution in [-0.4, -0.2) is 0 Å². The number of hydrogen-bond donors (Lipinski definition) is 0. The van der Waals surface area contributed by atoms with Crippen molar-refractivity contribution in [2.75, 3.05) is 0 Å². The van der Waals surface area contributed by atoms with Crippen LogP contribution < -0.4 is 0 Å². The zero-order valence-electron chi connectivity index (χ0n) is 6.88. The molecule has 1 aliphatic rings. The van der Waals surface area contributed by atoms with Crippen LogP contribution in [0.5, 0.6) is 0 Å². The van der Waals surface area contributed by atoms with Crippen molar-refractivity contribution in [3.8, 4) is 0 Å². The Kier molecular flexibility index (Phi) is 1.69. The highest BCUT2D eigenvalue weighted by Crippen LogP contribution is 2.31. The van der Waals surface area contributed by atoms with E-state index in [0.29, 0.717) is 0 Å². The molecule has 2 rings (SSSR count). The summed E-state index contributed by atoms with van der Waals surface area (Å²) in [5, 5.41) is 0. The smallest absolute Gasteiger partial charge is 0.00899 e. The Morgan fingerprint density at radius 1 is 1.27 bits per heavy atom. The highest BCUT2D eigenvalue weighted by atomic mass is 14.2. The molecule has 57 valence electrons. The normalized spacial score (nSPS) is 22.8. The Hall–Kier alpha value is -0.780. The van der Waals surface area contributed by atoms with Gasteiger partial charge < -0.3 is 0 Å². The molecule has 0 saturated carbocycles. The van der Waals surface area contributed by atoms with Gasteiger partial charge in [-0.3, -0.25) is 0 Å². The molecule has 1 aliphatic carbocycles. The number of hydrogen-bond acceptors (Lipinski definition) is 0. The van der Waals surface area contributed by atoms with Crippen molar-refractivity contribution in [2.45, 2.75) is 25.7 Å². The summed E-state index contributed by atoms with van der Waals surface area (Å²) >= 11 is 0. The van der Waals surface area contributed by atoms with E-state index >= 15 is 0 Å². The lowest BCUT2D eigenvalue weighted by atomic mass is 9.84. The third kappa shape index (κ3) is 1.18. The topological polar surface area (TPSA) is 0 Å². The third-order valence-electron chi connectivity index (χ3n) is 2.49. The molecule has 0 spiro atoms. The molecule has 0 saturated heterocycles. The summed E-state index contributed by atoms with van der Waals surface area (Å²) < 4.78 is 0. The van der Waals surface area contributed by atoms with Gasteiger partial charge in [-0.15, -0.1) is 0 Å². The summed E-state index contributed by atoms with van der Waals surface area (Å²) in [5.74, 6) is 0.760. The van der Waals surface area contributed by atoms with Crippen molar-refractivity contribution < 1.29 is 0 Å². The Labute approximate surface area is 68.3 Å². The minimum absolute atomic E-state index is 0.760. The van der Waals surface area contributed by atoms with E-state index in [-0.39, 0.29) is 0 Å². The molecule has 1 atom stereocenters. The van der Waals surface area contributed by atoms with Crippen molar-refractivity contribution in [1.29, 1.82) is 0 Å². The minimum atomic E-state index is 0.760. The SMILES string of the molecule is CC1CC[CH]c2ccccc21. The van der Waals surface area contributed by atoms with Gasteiger partial charge in [-0.1, -0.05) is 31.2 Å². The Bertz CT molecular complexity index is 250. The van der Waals surface area contributed by atoms with Crippen molar-refractivity contribution in [3.63, 3.8) is 0 Å². The van der Waals surface area contributed by atoms with Crippen molar-refractivity contribution in [3.05, 3.63) is 41.8 Å². The second-order valence-corrected chi connectivity index (χ2v) is 3.31. The van der Waals surface area contributed by atoms with Crippen LogP contribution in [0, 0.1) is 6.42 Å².